The Balaban J connectivity index is 1.74. The molecular weight excluding hydrogens is 526 g/mol. The Labute approximate surface area is 214 Å². The van der Waals surface area contributed by atoms with Crippen LogP contribution in [-0.4, -0.2) is 18.0 Å². The fourth-order valence-corrected chi connectivity index (χ4v) is 5.50. The van der Waals surface area contributed by atoms with Crippen LogP contribution in [0.2, 0.25) is 0 Å². The molecule has 4 aromatic rings. The lowest BCUT2D eigenvalue weighted by Gasteiger charge is -2.20. The molecule has 182 valence electrons. The third-order valence-corrected chi connectivity index (χ3v) is 7.66. The highest BCUT2D eigenvalue weighted by atomic mass is 79.9. The van der Waals surface area contributed by atoms with Gasteiger partial charge in [0.15, 0.2) is 0 Å². The van der Waals surface area contributed by atoms with Crippen molar-refractivity contribution in [2.24, 2.45) is 5.41 Å². The van der Waals surface area contributed by atoms with Crippen LogP contribution in [0, 0.1) is 5.41 Å². The summed E-state index contributed by atoms with van der Waals surface area (Å²) in [5, 5.41) is 0.462. The molecule has 0 bridgehead atoms. The minimum Gasteiger partial charge on any atom is -0.268 e. The van der Waals surface area contributed by atoms with Gasteiger partial charge in [-0.05, 0) is 72.9 Å². The van der Waals surface area contributed by atoms with Crippen LogP contribution in [-0.2, 0) is 16.4 Å². The molecule has 6 nitrogen and oxygen atoms in total. The number of para-hydroxylation sites is 1. The molecular formula is C27H28BrN3O3S. The molecule has 3 aromatic carbocycles. The van der Waals surface area contributed by atoms with Gasteiger partial charge in [-0.15, -0.1) is 0 Å². The van der Waals surface area contributed by atoms with E-state index in [0.29, 0.717) is 22.4 Å². The van der Waals surface area contributed by atoms with Gasteiger partial charge >= 0.3 is 0 Å². The molecule has 0 aliphatic carbocycles. The van der Waals surface area contributed by atoms with Crippen molar-refractivity contribution in [2.45, 2.75) is 45.1 Å². The summed E-state index contributed by atoms with van der Waals surface area (Å²) in [6, 6.07) is 20.5. The molecule has 0 radical (unpaired) electrons. The Morgan fingerprint density at radius 1 is 0.971 bits per heavy atom. The normalized spacial score (nSPS) is 13.2. The summed E-state index contributed by atoms with van der Waals surface area (Å²) < 4.78 is 31.5. The van der Waals surface area contributed by atoms with Crippen LogP contribution in [0.15, 0.2) is 87.0 Å². The average Bonchev–Trinajstić information content (AvgIpc) is 2.79. The molecule has 1 heterocycles. The first-order valence-corrected chi connectivity index (χ1v) is 13.6. The summed E-state index contributed by atoms with van der Waals surface area (Å²) in [7, 11) is -3.85. The van der Waals surface area contributed by atoms with E-state index < -0.39 is 16.1 Å². The number of sulfonamides is 1. The minimum atomic E-state index is -3.85. The maximum absolute atomic E-state index is 13.5. The van der Waals surface area contributed by atoms with Gasteiger partial charge in [-0.1, -0.05) is 61.0 Å². The maximum atomic E-state index is 13.5. The van der Waals surface area contributed by atoms with Crippen molar-refractivity contribution >= 4 is 36.9 Å². The zero-order valence-electron chi connectivity index (χ0n) is 20.1. The zero-order valence-corrected chi connectivity index (χ0v) is 22.5. The van der Waals surface area contributed by atoms with E-state index in [4.69, 9.17) is 4.98 Å². The number of benzene rings is 3. The summed E-state index contributed by atoms with van der Waals surface area (Å²) in [4.78, 5) is 18.3. The van der Waals surface area contributed by atoms with E-state index in [9.17, 15) is 13.2 Å². The van der Waals surface area contributed by atoms with E-state index in [1.165, 1.54) is 4.57 Å². The first-order chi connectivity index (χ1) is 16.4. The molecule has 4 rings (SSSR count). The van der Waals surface area contributed by atoms with Crippen LogP contribution >= 0.6 is 15.9 Å². The highest BCUT2D eigenvalue weighted by Crippen LogP contribution is 2.24. The molecule has 0 aliphatic heterocycles. The molecule has 1 unspecified atom stereocenters. The van der Waals surface area contributed by atoms with E-state index in [0.717, 1.165) is 16.5 Å². The Morgan fingerprint density at radius 3 is 2.23 bits per heavy atom. The largest absolute Gasteiger partial charge is 0.268 e. The summed E-state index contributed by atoms with van der Waals surface area (Å²) in [5.74, 6) is 0.309. The van der Waals surface area contributed by atoms with Crippen molar-refractivity contribution in [2.75, 3.05) is 0 Å². The Morgan fingerprint density at radius 2 is 1.60 bits per heavy atom. The van der Waals surface area contributed by atoms with Crippen LogP contribution < -0.4 is 10.3 Å². The fraction of sp³-hybridized carbons (Fsp3) is 0.259. The lowest BCUT2D eigenvalue weighted by atomic mass is 9.88. The van der Waals surface area contributed by atoms with Crippen molar-refractivity contribution in [1.29, 1.82) is 0 Å². The topological polar surface area (TPSA) is 81.1 Å². The molecule has 1 N–H and O–H groups in total. The zero-order chi connectivity index (χ0) is 25.4. The molecule has 1 aromatic heterocycles. The van der Waals surface area contributed by atoms with Gasteiger partial charge in [0, 0.05) is 4.47 Å². The van der Waals surface area contributed by atoms with Gasteiger partial charge in [0.25, 0.3) is 5.56 Å². The molecule has 0 aliphatic rings. The number of nitrogens with zero attached hydrogens (tertiary/aromatic N) is 2. The van der Waals surface area contributed by atoms with E-state index in [1.54, 1.807) is 55.5 Å². The second-order valence-corrected chi connectivity index (χ2v) is 12.5. The van der Waals surface area contributed by atoms with Crippen LogP contribution in [0.25, 0.3) is 16.6 Å². The first-order valence-electron chi connectivity index (χ1n) is 11.3. The first kappa shape index (κ1) is 25.3. The number of aromatic nitrogens is 2. The van der Waals surface area contributed by atoms with Crippen molar-refractivity contribution in [1.82, 2.24) is 14.3 Å². The van der Waals surface area contributed by atoms with Crippen molar-refractivity contribution in [3.63, 3.8) is 0 Å². The number of fused-ring (bicyclic) bond motifs is 1. The lowest BCUT2D eigenvalue weighted by Crippen LogP contribution is -2.33. The van der Waals surface area contributed by atoms with Crippen molar-refractivity contribution < 1.29 is 8.42 Å². The van der Waals surface area contributed by atoms with Gasteiger partial charge in [0.1, 0.15) is 5.82 Å². The van der Waals surface area contributed by atoms with E-state index in [2.05, 4.69) is 41.4 Å². The highest BCUT2D eigenvalue weighted by Gasteiger charge is 2.24. The minimum absolute atomic E-state index is 0.103. The SMILES string of the molecule is CC(NS(=O)(=O)c1ccc(CC(C)(C)C)cc1)c1nc2ccccc2c(=O)n1-c1ccc(Br)cc1. The van der Waals surface area contributed by atoms with E-state index >= 15 is 0 Å². The van der Waals surface area contributed by atoms with Crippen LogP contribution in [0.1, 0.15) is 45.1 Å². The van der Waals surface area contributed by atoms with Gasteiger partial charge in [-0.3, -0.25) is 9.36 Å². The predicted molar refractivity (Wildman–Crippen MR) is 143 cm³/mol. The predicted octanol–water partition coefficient (Wildman–Crippen LogP) is 5.78. The number of rotatable bonds is 6. The van der Waals surface area contributed by atoms with Crippen LogP contribution in [0.3, 0.4) is 0 Å². The van der Waals surface area contributed by atoms with Crippen molar-refractivity contribution in [3.8, 4) is 5.69 Å². The third kappa shape index (κ3) is 5.72. The molecule has 0 saturated heterocycles. The quantitative estimate of drug-likeness (QED) is 0.328. The summed E-state index contributed by atoms with van der Waals surface area (Å²) in [6.07, 6.45) is 0.845. The molecule has 1 atom stereocenters. The highest BCUT2D eigenvalue weighted by molar-refractivity contribution is 9.10. The lowest BCUT2D eigenvalue weighted by molar-refractivity contribution is 0.411. The second kappa shape index (κ2) is 9.68. The Kier molecular flexibility index (Phi) is 6.99. The van der Waals surface area contributed by atoms with Gasteiger partial charge in [0.2, 0.25) is 10.0 Å². The smallest absolute Gasteiger partial charge is 0.266 e. The van der Waals surface area contributed by atoms with Gasteiger partial charge in [0.05, 0.1) is 27.5 Å². The molecule has 8 heteroatoms. The number of hydrogen-bond acceptors (Lipinski definition) is 4. The summed E-state index contributed by atoms with van der Waals surface area (Å²) in [6.45, 7) is 8.12. The van der Waals surface area contributed by atoms with Crippen molar-refractivity contribution in [3.05, 3.63) is 99.0 Å². The molecule has 0 spiro atoms. The molecule has 35 heavy (non-hydrogen) atoms. The maximum Gasteiger partial charge on any atom is 0.266 e. The number of halogens is 1. The summed E-state index contributed by atoms with van der Waals surface area (Å²) >= 11 is 3.42. The van der Waals surface area contributed by atoms with E-state index in [-0.39, 0.29) is 15.9 Å². The Hall–Kier alpha value is -2.81. The van der Waals surface area contributed by atoms with Crippen LogP contribution in [0.4, 0.5) is 0 Å². The number of hydrogen-bond donors (Lipinski definition) is 1. The monoisotopic (exact) mass is 553 g/mol. The molecule has 0 amide bonds. The average molecular weight is 555 g/mol. The third-order valence-electron chi connectivity index (χ3n) is 5.57. The van der Waals surface area contributed by atoms with Gasteiger partial charge < -0.3 is 0 Å². The van der Waals surface area contributed by atoms with Crippen LogP contribution in [0.5, 0.6) is 0 Å². The second-order valence-electron chi connectivity index (χ2n) is 9.83. The Bertz CT molecular complexity index is 1520. The standard InChI is InChI=1S/C27H28BrN3O3S/c1-18(30-35(33,34)22-15-9-19(10-16-22)17-27(2,3)4)25-29-24-8-6-5-7-23(24)26(32)31(25)21-13-11-20(28)12-14-21/h5-16,18,30H,17H2,1-4H3. The fourth-order valence-electron chi connectivity index (χ4n) is 4.03. The number of nitrogens with one attached hydrogen (secondary N) is 1. The van der Waals surface area contributed by atoms with Gasteiger partial charge in [-0.25, -0.2) is 18.1 Å². The molecule has 0 saturated carbocycles. The molecule has 0 fully saturated rings. The summed E-state index contributed by atoms with van der Waals surface area (Å²) in [5.41, 5.74) is 2.03. The van der Waals surface area contributed by atoms with Gasteiger partial charge in [-0.2, -0.15) is 0 Å². The van der Waals surface area contributed by atoms with E-state index in [1.807, 2.05) is 24.3 Å².